The molecule has 0 amide bonds. The quantitative estimate of drug-likeness (QED) is 0.693. The van der Waals surface area contributed by atoms with Gasteiger partial charge < -0.3 is 15.6 Å². The van der Waals surface area contributed by atoms with Crippen LogP contribution in [-0.4, -0.2) is 40.1 Å². The van der Waals surface area contributed by atoms with Crippen LogP contribution < -0.4 is 5.73 Å². The van der Waals surface area contributed by atoms with Crippen LogP contribution in [0.2, 0.25) is 0 Å². The third-order valence-electron chi connectivity index (χ3n) is 1.62. The molecule has 0 spiro atoms. The summed E-state index contributed by atoms with van der Waals surface area (Å²) in [4.78, 5) is 7.95. The van der Waals surface area contributed by atoms with Crippen LogP contribution in [0.3, 0.4) is 0 Å². The maximum Gasteiger partial charge on any atom is 0.156 e. The maximum absolute atomic E-state index is 9.50. The van der Waals surface area contributed by atoms with Crippen molar-refractivity contribution in [2.75, 3.05) is 24.7 Å². The molecule has 1 aromatic heterocycles. The summed E-state index contributed by atoms with van der Waals surface area (Å²) >= 11 is 1.38. The average molecular weight is 229 g/mol. The number of nitrogens with two attached hydrogens (primary N) is 1. The molecule has 3 N–H and O–H groups in total. The normalized spacial score (nSPS) is 12.7. The Hall–Kier alpha value is -0.850. The van der Waals surface area contributed by atoms with Gasteiger partial charge in [0.2, 0.25) is 0 Å². The lowest BCUT2D eigenvalue weighted by Crippen LogP contribution is -2.18. The zero-order chi connectivity index (χ0) is 11.1. The molecule has 1 rings (SSSR count). The summed E-state index contributed by atoms with van der Waals surface area (Å²) in [5.74, 6) is 0.897. The van der Waals surface area contributed by atoms with Crippen LogP contribution in [0.1, 0.15) is 6.92 Å². The molecule has 0 saturated heterocycles. The fraction of sp³-hybridized carbons (Fsp3) is 0.556. The van der Waals surface area contributed by atoms with Gasteiger partial charge in [-0.2, -0.15) is 0 Å². The van der Waals surface area contributed by atoms with Gasteiger partial charge >= 0.3 is 0 Å². The Labute approximate surface area is 93.1 Å². The second-order valence-electron chi connectivity index (χ2n) is 2.87. The number of aliphatic hydroxyl groups is 1. The molecule has 84 valence electrons. The van der Waals surface area contributed by atoms with Crippen LogP contribution in [0.5, 0.6) is 0 Å². The minimum absolute atomic E-state index is 0.337. The highest BCUT2D eigenvalue weighted by molar-refractivity contribution is 7.99. The largest absolute Gasteiger partial charge is 0.390 e. The molecule has 1 atom stereocenters. The van der Waals surface area contributed by atoms with Gasteiger partial charge in [0, 0.05) is 24.8 Å². The molecule has 1 unspecified atom stereocenters. The van der Waals surface area contributed by atoms with E-state index in [0.717, 1.165) is 0 Å². The molecule has 0 saturated carbocycles. The van der Waals surface area contributed by atoms with Gasteiger partial charge in [0.25, 0.3) is 0 Å². The number of aliphatic hydroxyl groups excluding tert-OH is 1. The van der Waals surface area contributed by atoms with E-state index in [0.29, 0.717) is 29.8 Å². The van der Waals surface area contributed by atoms with Gasteiger partial charge in [-0.15, -0.1) is 0 Å². The number of nitrogens with zero attached hydrogens (tertiary/aromatic N) is 2. The topological polar surface area (TPSA) is 81.3 Å². The molecule has 0 aliphatic heterocycles. The van der Waals surface area contributed by atoms with Crippen molar-refractivity contribution in [2.24, 2.45) is 0 Å². The van der Waals surface area contributed by atoms with Gasteiger partial charge in [0.1, 0.15) is 5.03 Å². The summed E-state index contributed by atoms with van der Waals surface area (Å²) in [6.07, 6.45) is 2.61. The first-order valence-electron chi connectivity index (χ1n) is 4.69. The first kappa shape index (κ1) is 12.2. The van der Waals surface area contributed by atoms with E-state index in [2.05, 4.69) is 9.97 Å². The van der Waals surface area contributed by atoms with Crippen LogP contribution in [0, 0.1) is 0 Å². The van der Waals surface area contributed by atoms with Crippen molar-refractivity contribution in [2.45, 2.75) is 18.1 Å². The van der Waals surface area contributed by atoms with E-state index in [1.165, 1.54) is 18.0 Å². The number of thioether (sulfide) groups is 1. The van der Waals surface area contributed by atoms with Crippen molar-refractivity contribution in [3.63, 3.8) is 0 Å². The van der Waals surface area contributed by atoms with E-state index in [1.807, 2.05) is 6.92 Å². The van der Waals surface area contributed by atoms with Crippen LogP contribution in [0.25, 0.3) is 0 Å². The smallest absolute Gasteiger partial charge is 0.156 e. The van der Waals surface area contributed by atoms with E-state index in [1.54, 1.807) is 6.20 Å². The predicted octanol–water partition coefficient (Wildman–Crippen LogP) is 0.548. The molecule has 6 heteroatoms. The van der Waals surface area contributed by atoms with E-state index in [9.17, 15) is 5.11 Å². The zero-order valence-corrected chi connectivity index (χ0v) is 9.41. The third-order valence-corrected chi connectivity index (χ3v) is 2.76. The van der Waals surface area contributed by atoms with Crippen LogP contribution in [0.15, 0.2) is 17.4 Å². The highest BCUT2D eigenvalue weighted by atomic mass is 32.2. The lowest BCUT2D eigenvalue weighted by Gasteiger charge is -2.09. The highest BCUT2D eigenvalue weighted by Gasteiger charge is 2.07. The number of nitrogen functional groups attached to an aromatic ring is 1. The van der Waals surface area contributed by atoms with Crippen LogP contribution in [0.4, 0.5) is 5.82 Å². The zero-order valence-electron chi connectivity index (χ0n) is 8.59. The predicted molar refractivity (Wildman–Crippen MR) is 59.7 cm³/mol. The minimum Gasteiger partial charge on any atom is -0.390 e. The summed E-state index contributed by atoms with van der Waals surface area (Å²) in [5.41, 5.74) is 5.60. The summed E-state index contributed by atoms with van der Waals surface area (Å²) in [5, 5.41) is 10.1. The molecule has 0 fully saturated rings. The molecule has 1 heterocycles. The summed E-state index contributed by atoms with van der Waals surface area (Å²) < 4.78 is 5.08. The average Bonchev–Trinajstić information content (AvgIpc) is 2.25. The minimum atomic E-state index is -0.503. The van der Waals surface area contributed by atoms with Crippen LogP contribution in [-0.2, 0) is 4.74 Å². The van der Waals surface area contributed by atoms with Crippen molar-refractivity contribution >= 4 is 17.6 Å². The Kier molecular flexibility index (Phi) is 5.38. The van der Waals surface area contributed by atoms with Gasteiger partial charge in [-0.05, 0) is 6.92 Å². The van der Waals surface area contributed by atoms with Gasteiger partial charge in [0.05, 0.1) is 12.7 Å². The Bertz CT molecular complexity index is 298. The first-order chi connectivity index (χ1) is 7.24. The Morgan fingerprint density at radius 2 is 2.27 bits per heavy atom. The third kappa shape index (κ3) is 4.46. The van der Waals surface area contributed by atoms with Gasteiger partial charge in [-0.1, -0.05) is 11.8 Å². The van der Waals surface area contributed by atoms with E-state index in [-0.39, 0.29) is 0 Å². The summed E-state index contributed by atoms with van der Waals surface area (Å²) in [6.45, 7) is 2.83. The van der Waals surface area contributed by atoms with Crippen molar-refractivity contribution in [3.8, 4) is 0 Å². The summed E-state index contributed by atoms with van der Waals surface area (Å²) in [7, 11) is 0. The maximum atomic E-state index is 9.50. The van der Waals surface area contributed by atoms with E-state index < -0.39 is 6.10 Å². The second kappa shape index (κ2) is 6.60. The fourth-order valence-electron chi connectivity index (χ4n) is 0.924. The Morgan fingerprint density at radius 1 is 1.53 bits per heavy atom. The van der Waals surface area contributed by atoms with Crippen molar-refractivity contribution in [1.82, 2.24) is 9.97 Å². The van der Waals surface area contributed by atoms with Gasteiger partial charge in [-0.3, -0.25) is 0 Å². The Balaban J connectivity index is 2.33. The monoisotopic (exact) mass is 229 g/mol. The molecular formula is C9H15N3O2S. The second-order valence-corrected chi connectivity index (χ2v) is 3.88. The number of rotatable bonds is 6. The Morgan fingerprint density at radius 3 is 2.93 bits per heavy atom. The lowest BCUT2D eigenvalue weighted by molar-refractivity contribution is 0.0551. The number of hydrogen-bond donors (Lipinski definition) is 2. The number of aromatic nitrogens is 2. The number of anilines is 1. The van der Waals surface area contributed by atoms with E-state index >= 15 is 0 Å². The molecule has 1 aromatic rings. The SMILES string of the molecule is CCOCC(O)CSc1nccnc1N. The summed E-state index contributed by atoms with van der Waals surface area (Å²) in [6, 6.07) is 0. The molecule has 0 bridgehead atoms. The molecule has 0 aliphatic carbocycles. The molecule has 15 heavy (non-hydrogen) atoms. The van der Waals surface area contributed by atoms with Gasteiger partial charge in [0.15, 0.2) is 5.82 Å². The highest BCUT2D eigenvalue weighted by Crippen LogP contribution is 2.20. The standard InChI is InChI=1S/C9H15N3O2S/c1-2-14-5-7(13)6-15-9-8(10)11-3-4-12-9/h3-4,7,13H,2,5-6H2,1H3,(H2,10,11). The molecule has 5 nitrogen and oxygen atoms in total. The number of ether oxygens (including phenoxy) is 1. The molecular weight excluding hydrogens is 214 g/mol. The van der Waals surface area contributed by atoms with Crippen molar-refractivity contribution in [1.29, 1.82) is 0 Å². The first-order valence-corrected chi connectivity index (χ1v) is 5.67. The van der Waals surface area contributed by atoms with Gasteiger partial charge in [-0.25, -0.2) is 9.97 Å². The van der Waals surface area contributed by atoms with Crippen molar-refractivity contribution in [3.05, 3.63) is 12.4 Å². The van der Waals surface area contributed by atoms with E-state index in [4.69, 9.17) is 10.5 Å². The lowest BCUT2D eigenvalue weighted by atomic mass is 10.4. The van der Waals surface area contributed by atoms with Crippen molar-refractivity contribution < 1.29 is 9.84 Å². The van der Waals surface area contributed by atoms with Crippen LogP contribution >= 0.6 is 11.8 Å². The molecule has 0 aliphatic rings. The molecule has 0 aromatic carbocycles. The molecule has 0 radical (unpaired) electrons. The fourth-order valence-corrected chi connectivity index (χ4v) is 1.71. The number of hydrogen-bond acceptors (Lipinski definition) is 6.